The first-order valence-corrected chi connectivity index (χ1v) is 14.1. The molecule has 0 radical (unpaired) electrons. The van der Waals surface area contributed by atoms with Gasteiger partial charge >= 0.3 is 0 Å². The van der Waals surface area contributed by atoms with Crippen molar-refractivity contribution in [3.05, 3.63) is 133 Å². The Labute approximate surface area is 237 Å². The summed E-state index contributed by atoms with van der Waals surface area (Å²) in [7, 11) is 0. The Morgan fingerprint density at radius 2 is 1.39 bits per heavy atom. The molecule has 9 rings (SSSR count). The summed E-state index contributed by atoms with van der Waals surface area (Å²) >= 11 is 0. The first-order chi connectivity index (χ1) is 20.1. The highest BCUT2D eigenvalue weighted by atomic mass is 16.3. The van der Waals surface area contributed by atoms with E-state index < -0.39 is 0 Å². The molecule has 3 heteroatoms. The summed E-state index contributed by atoms with van der Waals surface area (Å²) < 4.78 is 8.93. The molecule has 0 saturated carbocycles. The highest BCUT2D eigenvalue weighted by molar-refractivity contribution is 6.11. The Morgan fingerprint density at radius 3 is 2.34 bits per heavy atom. The average Bonchev–Trinajstić information content (AvgIpc) is 3.63. The quantitative estimate of drug-likeness (QED) is 0.224. The summed E-state index contributed by atoms with van der Waals surface area (Å²) in [4.78, 5) is 4.76. The van der Waals surface area contributed by atoms with Crippen molar-refractivity contribution in [2.45, 2.75) is 19.3 Å². The van der Waals surface area contributed by atoms with Gasteiger partial charge in [-0.05, 0) is 64.2 Å². The number of furan rings is 1. The van der Waals surface area contributed by atoms with Crippen LogP contribution in [0.5, 0.6) is 0 Å². The maximum absolute atomic E-state index is 6.70. The van der Waals surface area contributed by atoms with Gasteiger partial charge in [0.1, 0.15) is 16.8 Å². The van der Waals surface area contributed by atoms with Gasteiger partial charge in [-0.2, -0.15) is 0 Å². The van der Waals surface area contributed by atoms with Crippen molar-refractivity contribution < 1.29 is 4.42 Å². The van der Waals surface area contributed by atoms with Crippen molar-refractivity contribution in [1.82, 2.24) is 9.55 Å². The van der Waals surface area contributed by atoms with E-state index in [-0.39, 0.29) is 5.41 Å². The minimum Gasteiger partial charge on any atom is -0.455 e. The molecule has 0 fully saturated rings. The molecule has 194 valence electrons. The zero-order valence-electron chi connectivity index (χ0n) is 22.8. The Morgan fingerprint density at radius 1 is 0.610 bits per heavy atom. The van der Waals surface area contributed by atoms with Gasteiger partial charge in [0, 0.05) is 44.8 Å². The van der Waals surface area contributed by atoms with Gasteiger partial charge in [0.05, 0.1) is 11.2 Å². The molecule has 0 bridgehead atoms. The van der Waals surface area contributed by atoms with Gasteiger partial charge in [0.15, 0.2) is 0 Å². The monoisotopic (exact) mass is 526 g/mol. The predicted molar refractivity (Wildman–Crippen MR) is 169 cm³/mol. The lowest BCUT2D eigenvalue weighted by Crippen LogP contribution is -2.14. The number of hydrogen-bond donors (Lipinski definition) is 0. The van der Waals surface area contributed by atoms with Gasteiger partial charge in [-0.3, -0.25) is 4.57 Å². The summed E-state index contributed by atoms with van der Waals surface area (Å²) in [5.74, 6) is 0. The number of hydrogen-bond acceptors (Lipinski definition) is 2. The molecular weight excluding hydrogens is 500 g/mol. The first-order valence-electron chi connectivity index (χ1n) is 14.1. The van der Waals surface area contributed by atoms with Crippen LogP contribution in [0.4, 0.5) is 0 Å². The zero-order valence-corrected chi connectivity index (χ0v) is 22.8. The topological polar surface area (TPSA) is 31.0 Å². The highest BCUT2D eigenvalue weighted by Crippen LogP contribution is 2.50. The lowest BCUT2D eigenvalue weighted by molar-refractivity contribution is 0.660. The molecule has 0 spiro atoms. The minimum absolute atomic E-state index is 0.00606. The molecule has 0 atom stereocenters. The fourth-order valence-electron chi connectivity index (χ4n) is 7.10. The van der Waals surface area contributed by atoms with Crippen LogP contribution >= 0.6 is 0 Å². The molecule has 3 nitrogen and oxygen atoms in total. The van der Waals surface area contributed by atoms with Crippen LogP contribution in [0.25, 0.3) is 71.8 Å². The SMILES string of the molecule is CC1(C)c2ccccc2-c2cc(-c3cccc4c3oc3cc(-n5c6ccccc6c6cccnc65)ccc34)ccc21. The second-order valence-corrected chi connectivity index (χ2v) is 11.6. The van der Waals surface area contributed by atoms with Crippen LogP contribution in [0, 0.1) is 0 Å². The Hall–Kier alpha value is -5.15. The molecule has 0 saturated heterocycles. The van der Waals surface area contributed by atoms with E-state index in [1.807, 2.05) is 12.3 Å². The van der Waals surface area contributed by atoms with Crippen LogP contribution in [-0.4, -0.2) is 9.55 Å². The lowest BCUT2D eigenvalue weighted by Gasteiger charge is -2.21. The molecule has 3 aromatic heterocycles. The Kier molecular flexibility index (Phi) is 4.39. The van der Waals surface area contributed by atoms with Gasteiger partial charge in [-0.25, -0.2) is 4.98 Å². The van der Waals surface area contributed by atoms with Crippen LogP contribution in [0.15, 0.2) is 126 Å². The Bertz CT molecular complexity index is 2300. The highest BCUT2D eigenvalue weighted by Gasteiger charge is 2.35. The molecule has 0 amide bonds. The summed E-state index contributed by atoms with van der Waals surface area (Å²) in [5, 5.41) is 4.60. The fraction of sp³-hybridized carbons (Fsp3) is 0.0789. The summed E-state index contributed by atoms with van der Waals surface area (Å²) in [5.41, 5.74) is 12.6. The van der Waals surface area contributed by atoms with E-state index in [1.54, 1.807) is 0 Å². The number of fused-ring (bicyclic) bond motifs is 9. The number of benzene rings is 5. The molecule has 5 aromatic carbocycles. The van der Waals surface area contributed by atoms with Gasteiger partial charge in [-0.1, -0.05) is 86.6 Å². The first kappa shape index (κ1) is 22.6. The maximum atomic E-state index is 6.70. The van der Waals surface area contributed by atoms with E-state index in [2.05, 4.69) is 128 Å². The van der Waals surface area contributed by atoms with E-state index in [9.17, 15) is 0 Å². The molecule has 0 aliphatic heterocycles. The van der Waals surface area contributed by atoms with Gasteiger partial charge in [-0.15, -0.1) is 0 Å². The van der Waals surface area contributed by atoms with Crippen LogP contribution < -0.4 is 0 Å². The fourth-order valence-corrected chi connectivity index (χ4v) is 7.10. The number of para-hydroxylation sites is 2. The van der Waals surface area contributed by atoms with Crippen LogP contribution in [0.3, 0.4) is 0 Å². The average molecular weight is 527 g/mol. The maximum Gasteiger partial charge on any atom is 0.145 e. The molecule has 0 N–H and O–H groups in total. The van der Waals surface area contributed by atoms with E-state index in [0.717, 1.165) is 49.7 Å². The minimum atomic E-state index is -0.00606. The van der Waals surface area contributed by atoms with Crippen molar-refractivity contribution >= 4 is 43.9 Å². The number of rotatable bonds is 2. The van der Waals surface area contributed by atoms with Gasteiger partial charge in [0.25, 0.3) is 0 Å². The third kappa shape index (κ3) is 3.01. The van der Waals surface area contributed by atoms with Crippen LogP contribution in [0.1, 0.15) is 25.0 Å². The van der Waals surface area contributed by atoms with Gasteiger partial charge in [0.2, 0.25) is 0 Å². The normalized spacial score (nSPS) is 13.8. The van der Waals surface area contributed by atoms with Crippen LogP contribution in [-0.2, 0) is 5.41 Å². The third-order valence-corrected chi connectivity index (χ3v) is 9.07. The second-order valence-electron chi connectivity index (χ2n) is 11.6. The predicted octanol–water partition coefficient (Wildman–Crippen LogP) is 10.1. The van der Waals surface area contributed by atoms with Crippen molar-refractivity contribution in [3.63, 3.8) is 0 Å². The van der Waals surface area contributed by atoms with E-state index in [4.69, 9.17) is 9.40 Å². The largest absolute Gasteiger partial charge is 0.455 e. The summed E-state index contributed by atoms with van der Waals surface area (Å²) in [6.07, 6.45) is 1.86. The molecule has 1 aliphatic carbocycles. The number of nitrogens with zero attached hydrogens (tertiary/aromatic N) is 2. The molecule has 1 aliphatic rings. The smallest absolute Gasteiger partial charge is 0.145 e. The second kappa shape index (κ2) is 7.96. The van der Waals surface area contributed by atoms with Crippen LogP contribution in [0.2, 0.25) is 0 Å². The molecular formula is C38H26N2O. The third-order valence-electron chi connectivity index (χ3n) is 9.07. The van der Waals surface area contributed by atoms with Crippen molar-refractivity contribution in [2.24, 2.45) is 0 Å². The van der Waals surface area contributed by atoms with Crippen molar-refractivity contribution in [1.29, 1.82) is 0 Å². The lowest BCUT2D eigenvalue weighted by atomic mass is 9.82. The summed E-state index contributed by atoms with van der Waals surface area (Å²) in [6, 6.07) is 41.3. The number of aromatic nitrogens is 2. The van der Waals surface area contributed by atoms with Crippen molar-refractivity contribution in [2.75, 3.05) is 0 Å². The Balaban J connectivity index is 1.24. The zero-order chi connectivity index (χ0) is 27.3. The van der Waals surface area contributed by atoms with Gasteiger partial charge < -0.3 is 4.42 Å². The number of pyridine rings is 1. The van der Waals surface area contributed by atoms with E-state index in [1.165, 1.54) is 33.2 Å². The molecule has 8 aromatic rings. The van der Waals surface area contributed by atoms with E-state index in [0.29, 0.717) is 0 Å². The molecule has 0 unspecified atom stereocenters. The van der Waals surface area contributed by atoms with Crippen molar-refractivity contribution in [3.8, 4) is 27.9 Å². The van der Waals surface area contributed by atoms with E-state index >= 15 is 0 Å². The standard InChI is InChI=1S/C38H26N2O/c1-38(2)32-14-5-3-9-26(32)31-21-23(16-19-33(31)38)25-11-7-12-29-28-18-17-24(22-35(28)41-36(25)29)40-34-15-6-4-10-27(34)30-13-8-20-39-37(30)40/h3-22H,1-2H3. The molecule has 41 heavy (non-hydrogen) atoms. The summed E-state index contributed by atoms with van der Waals surface area (Å²) in [6.45, 7) is 4.64. The molecule has 3 heterocycles.